The molecule has 0 spiro atoms. The number of methoxy groups -OCH3 is 1. The molecular weight excluding hydrogens is 398 g/mol. The fraction of sp³-hybridized carbons (Fsp3) is 0.250. The van der Waals surface area contributed by atoms with E-state index in [9.17, 15) is 9.59 Å². The SMILES string of the molecule is COc1cccc(C(=O)c2cc3cc(/C=C/C(=O)NOC4CCCCO4)ccc3o2)c1. The summed E-state index contributed by atoms with van der Waals surface area (Å²) in [7, 11) is 1.55. The standard InChI is InChI=1S/C24H23NO6/c1-28-19-6-4-5-17(14-19)24(27)21-15-18-13-16(8-10-20(18)30-21)9-11-22(26)25-31-23-7-2-3-12-29-23/h4-6,8-11,13-15,23H,2-3,7,12H2,1H3,(H,25,26)/b11-9+. The Bertz CT molecular complexity index is 1110. The highest BCUT2D eigenvalue weighted by Gasteiger charge is 2.16. The molecule has 1 N–H and O–H groups in total. The first-order valence-electron chi connectivity index (χ1n) is 10.1. The zero-order valence-electron chi connectivity index (χ0n) is 17.1. The Labute approximate surface area is 179 Å². The lowest BCUT2D eigenvalue weighted by Crippen LogP contribution is -2.32. The van der Waals surface area contributed by atoms with Crippen LogP contribution in [0.5, 0.6) is 5.75 Å². The van der Waals surface area contributed by atoms with Gasteiger partial charge in [-0.1, -0.05) is 18.2 Å². The first-order valence-corrected chi connectivity index (χ1v) is 10.1. The van der Waals surface area contributed by atoms with Crippen molar-refractivity contribution in [3.63, 3.8) is 0 Å². The van der Waals surface area contributed by atoms with E-state index >= 15 is 0 Å². The lowest BCUT2D eigenvalue weighted by atomic mass is 10.1. The molecule has 0 bridgehead atoms. The number of hydroxylamine groups is 1. The predicted molar refractivity (Wildman–Crippen MR) is 114 cm³/mol. The van der Waals surface area contributed by atoms with Gasteiger partial charge in [-0.3, -0.25) is 9.59 Å². The number of carbonyl (C=O) groups is 2. The Morgan fingerprint density at radius 3 is 2.84 bits per heavy atom. The normalized spacial score (nSPS) is 16.5. The van der Waals surface area contributed by atoms with Crippen molar-refractivity contribution in [1.29, 1.82) is 0 Å². The Kier molecular flexibility index (Phi) is 6.45. The molecule has 0 radical (unpaired) electrons. The molecule has 1 aromatic heterocycles. The number of amides is 1. The van der Waals surface area contributed by atoms with E-state index in [1.54, 1.807) is 55.7 Å². The molecule has 1 unspecified atom stereocenters. The summed E-state index contributed by atoms with van der Waals surface area (Å²) < 4.78 is 16.3. The van der Waals surface area contributed by atoms with Crippen molar-refractivity contribution in [2.75, 3.05) is 13.7 Å². The predicted octanol–water partition coefficient (Wildman–Crippen LogP) is 4.26. The summed E-state index contributed by atoms with van der Waals surface area (Å²) in [4.78, 5) is 30.0. The van der Waals surface area contributed by atoms with Crippen LogP contribution in [0.15, 0.2) is 59.0 Å². The van der Waals surface area contributed by atoms with E-state index in [2.05, 4.69) is 5.48 Å². The van der Waals surface area contributed by atoms with E-state index in [-0.39, 0.29) is 17.5 Å². The summed E-state index contributed by atoms with van der Waals surface area (Å²) in [6.45, 7) is 0.642. The monoisotopic (exact) mass is 421 g/mol. The van der Waals surface area contributed by atoms with E-state index in [0.717, 1.165) is 30.2 Å². The number of rotatable bonds is 7. The number of nitrogens with one attached hydrogen (secondary N) is 1. The third-order valence-corrected chi connectivity index (χ3v) is 4.95. The van der Waals surface area contributed by atoms with Crippen LogP contribution in [-0.4, -0.2) is 31.7 Å². The zero-order valence-corrected chi connectivity index (χ0v) is 17.1. The third kappa shape index (κ3) is 5.20. The van der Waals surface area contributed by atoms with Gasteiger partial charge in [0.1, 0.15) is 11.3 Å². The molecule has 1 aliphatic heterocycles. The van der Waals surface area contributed by atoms with E-state index < -0.39 is 6.29 Å². The van der Waals surface area contributed by atoms with E-state index in [1.807, 2.05) is 6.07 Å². The zero-order chi connectivity index (χ0) is 21.6. The summed E-state index contributed by atoms with van der Waals surface area (Å²) in [6, 6.07) is 14.0. The van der Waals surface area contributed by atoms with Crippen LogP contribution in [0.2, 0.25) is 0 Å². The smallest absolute Gasteiger partial charge is 0.267 e. The minimum Gasteiger partial charge on any atom is -0.497 e. The van der Waals surface area contributed by atoms with Gasteiger partial charge in [-0.15, -0.1) is 0 Å². The fourth-order valence-electron chi connectivity index (χ4n) is 3.32. The summed E-state index contributed by atoms with van der Waals surface area (Å²) in [5.74, 6) is 0.235. The lowest BCUT2D eigenvalue weighted by Gasteiger charge is -2.21. The minimum atomic E-state index is -0.395. The molecule has 1 atom stereocenters. The first-order chi connectivity index (χ1) is 15.1. The van der Waals surface area contributed by atoms with Crippen LogP contribution in [-0.2, 0) is 14.4 Å². The Morgan fingerprint density at radius 2 is 2.03 bits per heavy atom. The molecule has 1 amide bonds. The quantitative estimate of drug-likeness (QED) is 0.348. The number of hydrogen-bond donors (Lipinski definition) is 1. The molecule has 4 rings (SSSR count). The van der Waals surface area contributed by atoms with Gasteiger partial charge < -0.3 is 13.9 Å². The van der Waals surface area contributed by atoms with Gasteiger partial charge in [0.2, 0.25) is 5.78 Å². The van der Waals surface area contributed by atoms with Crippen LogP contribution in [0, 0.1) is 0 Å². The molecular formula is C24H23NO6. The van der Waals surface area contributed by atoms with Gasteiger partial charge in [0, 0.05) is 30.1 Å². The number of hydrogen-bond acceptors (Lipinski definition) is 6. The Balaban J connectivity index is 1.42. The maximum absolute atomic E-state index is 12.7. The van der Waals surface area contributed by atoms with E-state index in [4.69, 9.17) is 18.7 Å². The maximum atomic E-state index is 12.7. The van der Waals surface area contributed by atoms with Crippen molar-refractivity contribution in [2.24, 2.45) is 0 Å². The molecule has 31 heavy (non-hydrogen) atoms. The van der Waals surface area contributed by atoms with Crippen molar-refractivity contribution >= 4 is 28.7 Å². The van der Waals surface area contributed by atoms with Crippen molar-refractivity contribution in [1.82, 2.24) is 5.48 Å². The summed E-state index contributed by atoms with van der Waals surface area (Å²) >= 11 is 0. The highest BCUT2D eigenvalue weighted by atomic mass is 16.8. The van der Waals surface area contributed by atoms with Crippen molar-refractivity contribution < 1.29 is 28.3 Å². The largest absolute Gasteiger partial charge is 0.497 e. The summed E-state index contributed by atoms with van der Waals surface area (Å²) in [5.41, 5.74) is 4.24. The Hall–Kier alpha value is -3.42. The molecule has 1 saturated heterocycles. The molecule has 2 aromatic carbocycles. The second-order valence-corrected chi connectivity index (χ2v) is 7.18. The highest BCUT2D eigenvalue weighted by Crippen LogP contribution is 2.24. The minimum absolute atomic E-state index is 0.228. The Morgan fingerprint density at radius 1 is 1.13 bits per heavy atom. The number of ether oxygens (including phenoxy) is 2. The summed E-state index contributed by atoms with van der Waals surface area (Å²) in [6.07, 6.45) is 5.44. The van der Waals surface area contributed by atoms with E-state index in [0.29, 0.717) is 23.5 Å². The maximum Gasteiger partial charge on any atom is 0.267 e. The number of furan rings is 1. The molecule has 7 heteroatoms. The number of ketones is 1. The molecule has 1 aliphatic rings. The second-order valence-electron chi connectivity index (χ2n) is 7.18. The van der Waals surface area contributed by atoms with Crippen LogP contribution in [0.3, 0.4) is 0 Å². The van der Waals surface area contributed by atoms with Gasteiger partial charge in [-0.2, -0.15) is 0 Å². The van der Waals surface area contributed by atoms with Gasteiger partial charge >= 0.3 is 0 Å². The van der Waals surface area contributed by atoms with E-state index in [1.165, 1.54) is 6.08 Å². The van der Waals surface area contributed by atoms with Crippen molar-refractivity contribution in [2.45, 2.75) is 25.6 Å². The number of benzene rings is 2. The van der Waals surface area contributed by atoms with Crippen molar-refractivity contribution in [3.05, 3.63) is 71.5 Å². The van der Waals surface area contributed by atoms with Gasteiger partial charge in [0.15, 0.2) is 12.1 Å². The molecule has 0 aliphatic carbocycles. The molecule has 7 nitrogen and oxygen atoms in total. The van der Waals surface area contributed by atoms with Crippen molar-refractivity contribution in [3.8, 4) is 5.75 Å². The molecule has 0 saturated carbocycles. The molecule has 2 heterocycles. The van der Waals surface area contributed by atoms with Gasteiger partial charge in [0.05, 0.1) is 7.11 Å². The average Bonchev–Trinajstić information content (AvgIpc) is 3.25. The summed E-state index contributed by atoms with van der Waals surface area (Å²) in [5, 5.41) is 0.764. The number of carbonyl (C=O) groups excluding carboxylic acids is 2. The highest BCUT2D eigenvalue weighted by molar-refractivity contribution is 6.09. The number of fused-ring (bicyclic) bond motifs is 1. The van der Waals surface area contributed by atoms with Crippen LogP contribution in [0.25, 0.3) is 17.0 Å². The average molecular weight is 421 g/mol. The third-order valence-electron chi connectivity index (χ3n) is 4.95. The first kappa shape index (κ1) is 20.8. The van der Waals surface area contributed by atoms with Crippen LogP contribution in [0.4, 0.5) is 0 Å². The topological polar surface area (TPSA) is 87.0 Å². The second kappa shape index (κ2) is 9.59. The molecule has 3 aromatic rings. The molecule has 1 fully saturated rings. The fourth-order valence-corrected chi connectivity index (χ4v) is 3.32. The van der Waals surface area contributed by atoms with Gasteiger partial charge in [-0.05, 0) is 54.8 Å². The van der Waals surface area contributed by atoms with Crippen LogP contribution < -0.4 is 10.2 Å². The van der Waals surface area contributed by atoms with Gasteiger partial charge in [0.25, 0.3) is 5.91 Å². The van der Waals surface area contributed by atoms with Crippen LogP contribution in [0.1, 0.15) is 40.9 Å². The molecule has 160 valence electrons. The van der Waals surface area contributed by atoms with Crippen LogP contribution >= 0.6 is 0 Å². The van der Waals surface area contributed by atoms with Gasteiger partial charge in [-0.25, -0.2) is 10.3 Å². The lowest BCUT2D eigenvalue weighted by molar-refractivity contribution is -0.198.